The molecule has 2 rings (SSSR count). The lowest BCUT2D eigenvalue weighted by Crippen LogP contribution is -2.27. The van der Waals surface area contributed by atoms with Crippen molar-refractivity contribution in [3.05, 3.63) is 47.8 Å². The molecule has 3 nitrogen and oxygen atoms in total. The highest BCUT2D eigenvalue weighted by atomic mass is 19.1. The highest BCUT2D eigenvalue weighted by molar-refractivity contribution is 6.09. The molecule has 1 N–H and O–H groups in total. The van der Waals surface area contributed by atoms with Crippen molar-refractivity contribution in [2.24, 2.45) is 5.41 Å². The highest BCUT2D eigenvalue weighted by Gasteiger charge is 2.31. The van der Waals surface area contributed by atoms with Crippen LogP contribution in [0.1, 0.15) is 30.6 Å². The molecule has 0 amide bonds. The molecular weight excluding hydrogens is 259 g/mol. The molecule has 0 saturated carbocycles. The monoisotopic (exact) mass is 274 g/mol. The number of ketones is 1. The van der Waals surface area contributed by atoms with Gasteiger partial charge in [0.25, 0.3) is 0 Å². The van der Waals surface area contributed by atoms with Crippen LogP contribution in [-0.4, -0.2) is 16.9 Å². The highest BCUT2D eigenvalue weighted by Crippen LogP contribution is 2.27. The summed E-state index contributed by atoms with van der Waals surface area (Å²) in [5.74, 6) is -1.72. The number of hydrogen-bond acceptors (Lipinski definition) is 2. The van der Waals surface area contributed by atoms with Crippen molar-refractivity contribution in [1.82, 2.24) is 0 Å². The van der Waals surface area contributed by atoms with E-state index in [4.69, 9.17) is 5.11 Å². The Balaban J connectivity index is 2.46. The van der Waals surface area contributed by atoms with Crippen LogP contribution in [0.5, 0.6) is 0 Å². The minimum Gasteiger partial charge on any atom is -0.481 e. The van der Waals surface area contributed by atoms with E-state index < -0.39 is 17.2 Å². The van der Waals surface area contributed by atoms with E-state index in [2.05, 4.69) is 0 Å². The molecule has 0 aromatic heterocycles. The molecule has 2 aromatic rings. The van der Waals surface area contributed by atoms with Crippen molar-refractivity contribution in [3.8, 4) is 0 Å². The normalized spacial score (nSPS) is 11.6. The molecule has 0 heterocycles. The number of carbonyl (C=O) groups excluding carboxylic acids is 1. The minimum absolute atomic E-state index is 0.127. The van der Waals surface area contributed by atoms with Gasteiger partial charge in [0.05, 0.1) is 5.41 Å². The maximum atomic E-state index is 13.7. The van der Waals surface area contributed by atoms with Crippen LogP contribution in [0.15, 0.2) is 36.4 Å². The van der Waals surface area contributed by atoms with Gasteiger partial charge >= 0.3 is 5.97 Å². The zero-order valence-corrected chi connectivity index (χ0v) is 11.3. The van der Waals surface area contributed by atoms with Crippen LogP contribution < -0.4 is 0 Å². The number of carbonyl (C=O) groups is 2. The van der Waals surface area contributed by atoms with Gasteiger partial charge in [0, 0.05) is 17.4 Å². The average molecular weight is 274 g/mol. The van der Waals surface area contributed by atoms with Gasteiger partial charge in [-0.3, -0.25) is 9.59 Å². The number of halogens is 1. The molecule has 0 bridgehead atoms. The second kappa shape index (κ2) is 5.04. The zero-order valence-electron chi connectivity index (χ0n) is 11.3. The first kappa shape index (κ1) is 14.2. The van der Waals surface area contributed by atoms with Crippen LogP contribution >= 0.6 is 0 Å². The molecule has 0 spiro atoms. The van der Waals surface area contributed by atoms with Gasteiger partial charge < -0.3 is 5.11 Å². The molecule has 0 unspecified atom stereocenters. The number of hydrogen-bond donors (Lipinski definition) is 1. The lowest BCUT2D eigenvalue weighted by Gasteiger charge is -2.18. The average Bonchev–Trinajstić information content (AvgIpc) is 2.38. The number of aliphatic carboxylic acids is 1. The van der Waals surface area contributed by atoms with Crippen molar-refractivity contribution in [1.29, 1.82) is 0 Å². The summed E-state index contributed by atoms with van der Waals surface area (Å²) in [5.41, 5.74) is -0.789. The first-order valence-electron chi connectivity index (χ1n) is 6.27. The molecule has 0 fully saturated rings. The van der Waals surface area contributed by atoms with Crippen LogP contribution in [0, 0.1) is 11.2 Å². The molecule has 0 aliphatic rings. The van der Waals surface area contributed by atoms with Crippen LogP contribution in [0.25, 0.3) is 10.8 Å². The summed E-state index contributed by atoms with van der Waals surface area (Å²) < 4.78 is 13.7. The molecule has 0 aliphatic carbocycles. The van der Waals surface area contributed by atoms with Crippen LogP contribution in [0.2, 0.25) is 0 Å². The summed E-state index contributed by atoms with van der Waals surface area (Å²) in [6.07, 6.45) is -0.127. The predicted molar refractivity (Wildman–Crippen MR) is 74.3 cm³/mol. The van der Waals surface area contributed by atoms with Crippen molar-refractivity contribution < 1.29 is 19.1 Å². The molecular formula is C16H15FO3. The van der Waals surface area contributed by atoms with Crippen molar-refractivity contribution in [3.63, 3.8) is 0 Å². The Morgan fingerprint density at radius 1 is 1.10 bits per heavy atom. The first-order chi connectivity index (χ1) is 9.33. The quantitative estimate of drug-likeness (QED) is 0.865. The van der Waals surface area contributed by atoms with E-state index in [1.165, 1.54) is 26.0 Å². The van der Waals surface area contributed by atoms with E-state index in [1.54, 1.807) is 24.3 Å². The summed E-state index contributed by atoms with van der Waals surface area (Å²) in [6.45, 7) is 3.00. The Bertz CT molecular complexity index is 689. The summed E-state index contributed by atoms with van der Waals surface area (Å²) in [7, 11) is 0. The van der Waals surface area contributed by atoms with Crippen LogP contribution in [0.4, 0.5) is 4.39 Å². The molecule has 0 saturated heterocycles. The number of carboxylic acids is 1. The van der Waals surface area contributed by atoms with E-state index >= 15 is 0 Å². The Hall–Kier alpha value is -2.23. The fourth-order valence-corrected chi connectivity index (χ4v) is 2.08. The second-order valence-corrected chi connectivity index (χ2v) is 5.43. The standard InChI is InChI=1S/C16H15FO3/c1-16(2,15(19)20)9-14(18)12-7-8-13(17)11-6-4-3-5-10(11)12/h3-8H,9H2,1-2H3,(H,19,20). The zero-order chi connectivity index (χ0) is 14.9. The molecule has 0 atom stereocenters. The molecule has 104 valence electrons. The van der Waals surface area contributed by atoms with E-state index in [0.717, 1.165) is 0 Å². The third kappa shape index (κ3) is 2.54. The lowest BCUT2D eigenvalue weighted by molar-refractivity contribution is -0.146. The largest absolute Gasteiger partial charge is 0.481 e. The van der Waals surface area contributed by atoms with Gasteiger partial charge in [0.15, 0.2) is 5.78 Å². The van der Waals surface area contributed by atoms with Crippen LogP contribution in [0.3, 0.4) is 0 Å². The van der Waals surface area contributed by atoms with Gasteiger partial charge in [-0.2, -0.15) is 0 Å². The Morgan fingerprint density at radius 2 is 1.70 bits per heavy atom. The molecule has 2 aromatic carbocycles. The van der Waals surface area contributed by atoms with E-state index in [0.29, 0.717) is 16.3 Å². The van der Waals surface area contributed by atoms with Crippen LogP contribution in [-0.2, 0) is 4.79 Å². The number of fused-ring (bicyclic) bond motifs is 1. The Labute approximate surface area is 116 Å². The predicted octanol–water partition coefficient (Wildman–Crippen LogP) is 3.66. The molecule has 0 aliphatic heterocycles. The van der Waals surface area contributed by atoms with Gasteiger partial charge in [0.1, 0.15) is 5.82 Å². The van der Waals surface area contributed by atoms with Crippen molar-refractivity contribution in [2.75, 3.05) is 0 Å². The van der Waals surface area contributed by atoms with Gasteiger partial charge in [-0.05, 0) is 31.4 Å². The number of benzene rings is 2. The van der Waals surface area contributed by atoms with Gasteiger partial charge in [-0.1, -0.05) is 24.3 Å². The van der Waals surface area contributed by atoms with Gasteiger partial charge in [0.2, 0.25) is 0 Å². The van der Waals surface area contributed by atoms with E-state index in [9.17, 15) is 14.0 Å². The summed E-state index contributed by atoms with van der Waals surface area (Å²) in [5, 5.41) is 9.96. The van der Waals surface area contributed by atoms with Crippen molar-refractivity contribution in [2.45, 2.75) is 20.3 Å². The van der Waals surface area contributed by atoms with Crippen molar-refractivity contribution >= 4 is 22.5 Å². The Kier molecular flexibility index (Phi) is 3.57. The smallest absolute Gasteiger partial charge is 0.309 e. The lowest BCUT2D eigenvalue weighted by atomic mass is 9.85. The third-order valence-electron chi connectivity index (χ3n) is 3.35. The summed E-state index contributed by atoms with van der Waals surface area (Å²) in [4.78, 5) is 23.4. The fraction of sp³-hybridized carbons (Fsp3) is 0.250. The SMILES string of the molecule is CC(C)(CC(=O)c1ccc(F)c2ccccc12)C(=O)O. The van der Waals surface area contributed by atoms with E-state index in [1.807, 2.05) is 0 Å². The summed E-state index contributed by atoms with van der Waals surface area (Å²) in [6, 6.07) is 9.34. The van der Waals surface area contributed by atoms with E-state index in [-0.39, 0.29) is 12.2 Å². The molecule has 20 heavy (non-hydrogen) atoms. The Morgan fingerprint density at radius 3 is 2.30 bits per heavy atom. The maximum Gasteiger partial charge on any atom is 0.309 e. The van der Waals surface area contributed by atoms with Gasteiger partial charge in [-0.15, -0.1) is 0 Å². The molecule has 4 heteroatoms. The minimum atomic E-state index is -1.15. The topological polar surface area (TPSA) is 54.4 Å². The fourth-order valence-electron chi connectivity index (χ4n) is 2.08. The number of rotatable bonds is 4. The van der Waals surface area contributed by atoms with Gasteiger partial charge in [-0.25, -0.2) is 4.39 Å². The first-order valence-corrected chi connectivity index (χ1v) is 6.27. The number of Topliss-reactive ketones (excluding diaryl/α,β-unsaturated/α-hetero) is 1. The second-order valence-electron chi connectivity index (χ2n) is 5.43. The third-order valence-corrected chi connectivity index (χ3v) is 3.35. The number of carboxylic acid groups (broad SMARTS) is 1. The summed E-state index contributed by atoms with van der Waals surface area (Å²) >= 11 is 0. The maximum absolute atomic E-state index is 13.7. The molecule has 0 radical (unpaired) electrons.